The molecule has 1 fully saturated rings. The maximum atomic E-state index is 11.7. The summed E-state index contributed by atoms with van der Waals surface area (Å²) >= 11 is 0. The zero-order chi connectivity index (χ0) is 15.1. The summed E-state index contributed by atoms with van der Waals surface area (Å²) in [5.41, 5.74) is 0. The zero-order valence-electron chi connectivity index (χ0n) is 12.9. The minimum Gasteiger partial charge on any atom is -0.396 e. The summed E-state index contributed by atoms with van der Waals surface area (Å²) in [5.74, 6) is 0.804. The van der Waals surface area contributed by atoms with Gasteiger partial charge in [0.25, 0.3) is 0 Å². The van der Waals surface area contributed by atoms with Crippen molar-refractivity contribution in [2.24, 2.45) is 11.8 Å². The normalized spacial score (nSPS) is 32.1. The Bertz CT molecular complexity index is 359. The Hall–Kier alpha value is -1.07. The zero-order valence-corrected chi connectivity index (χ0v) is 12.9. The molecule has 5 nitrogen and oxygen atoms in total. The first-order valence-electron chi connectivity index (χ1n) is 8.14. The van der Waals surface area contributed by atoms with Gasteiger partial charge in [0.2, 0.25) is 0 Å². The van der Waals surface area contributed by atoms with Crippen LogP contribution in [0.4, 0.5) is 4.79 Å². The van der Waals surface area contributed by atoms with Gasteiger partial charge < -0.3 is 20.5 Å². The van der Waals surface area contributed by atoms with Crippen LogP contribution in [-0.4, -0.2) is 43.0 Å². The Balaban J connectivity index is 1.54. The molecule has 1 saturated carbocycles. The maximum absolute atomic E-state index is 11.7. The van der Waals surface area contributed by atoms with Crippen LogP contribution in [0.15, 0.2) is 12.2 Å². The van der Waals surface area contributed by atoms with Crippen LogP contribution in [0.3, 0.4) is 0 Å². The number of aliphatic hydroxyl groups excluding tert-OH is 1. The summed E-state index contributed by atoms with van der Waals surface area (Å²) in [6.07, 6.45) is 9.99. The molecule has 2 rings (SSSR count). The number of hydrogen-bond acceptors (Lipinski definition) is 3. The predicted molar refractivity (Wildman–Crippen MR) is 82.0 cm³/mol. The largest absolute Gasteiger partial charge is 0.396 e. The van der Waals surface area contributed by atoms with Crippen molar-refractivity contribution in [1.29, 1.82) is 0 Å². The SMILES string of the molecule is CC1CCCCC1OCCNC(=O)N[C@@H]1C=C[C@H](CO)C1. The summed E-state index contributed by atoms with van der Waals surface area (Å²) in [5, 5.41) is 14.8. The van der Waals surface area contributed by atoms with E-state index in [1.807, 2.05) is 12.2 Å². The molecule has 0 heterocycles. The Kier molecular flexibility index (Phi) is 6.51. The van der Waals surface area contributed by atoms with E-state index in [0.29, 0.717) is 25.2 Å². The van der Waals surface area contributed by atoms with Crippen molar-refractivity contribution >= 4 is 6.03 Å². The first-order valence-corrected chi connectivity index (χ1v) is 8.14. The molecule has 5 heteroatoms. The number of carbonyl (C=O) groups excluding carboxylic acids is 1. The molecule has 2 amide bonds. The lowest BCUT2D eigenvalue weighted by atomic mass is 9.88. The standard InChI is InChI=1S/C16H28N2O3/c1-12-4-2-3-5-15(12)21-9-8-17-16(20)18-14-7-6-13(10-14)11-19/h6-7,12-15,19H,2-5,8-11H2,1H3,(H2,17,18,20)/t12?,13-,14+,15?/m0/s1. The first-order chi connectivity index (χ1) is 10.2. The predicted octanol–water partition coefficient (Wildman–Crippen LogP) is 1.82. The van der Waals surface area contributed by atoms with Crippen LogP contribution in [0, 0.1) is 11.8 Å². The molecule has 4 atom stereocenters. The van der Waals surface area contributed by atoms with E-state index in [-0.39, 0.29) is 24.6 Å². The van der Waals surface area contributed by atoms with Crippen molar-refractivity contribution in [2.45, 2.75) is 51.2 Å². The van der Waals surface area contributed by atoms with E-state index in [1.165, 1.54) is 19.3 Å². The van der Waals surface area contributed by atoms with E-state index in [0.717, 1.165) is 12.8 Å². The number of nitrogens with one attached hydrogen (secondary N) is 2. The van der Waals surface area contributed by atoms with E-state index in [1.54, 1.807) is 0 Å². The molecule has 120 valence electrons. The number of aliphatic hydroxyl groups is 1. The third-order valence-corrected chi connectivity index (χ3v) is 4.48. The Morgan fingerprint density at radius 2 is 2.14 bits per heavy atom. The second-order valence-electron chi connectivity index (χ2n) is 6.24. The van der Waals surface area contributed by atoms with E-state index in [2.05, 4.69) is 17.6 Å². The summed E-state index contributed by atoms with van der Waals surface area (Å²) in [6, 6.07) is -0.134. The van der Waals surface area contributed by atoms with Gasteiger partial charge in [0.05, 0.1) is 12.7 Å². The highest BCUT2D eigenvalue weighted by Gasteiger charge is 2.22. The monoisotopic (exact) mass is 296 g/mol. The highest BCUT2D eigenvalue weighted by molar-refractivity contribution is 5.74. The lowest BCUT2D eigenvalue weighted by Gasteiger charge is -2.28. The minimum absolute atomic E-state index is 0.0291. The minimum atomic E-state index is -0.163. The summed E-state index contributed by atoms with van der Waals surface area (Å²) in [7, 11) is 0. The maximum Gasteiger partial charge on any atom is 0.315 e. The van der Waals surface area contributed by atoms with Crippen LogP contribution in [0.1, 0.15) is 39.0 Å². The van der Waals surface area contributed by atoms with Gasteiger partial charge in [-0.2, -0.15) is 0 Å². The molecule has 0 saturated heterocycles. The van der Waals surface area contributed by atoms with Gasteiger partial charge in [-0.15, -0.1) is 0 Å². The van der Waals surface area contributed by atoms with Crippen molar-refractivity contribution in [2.75, 3.05) is 19.8 Å². The summed E-state index contributed by atoms with van der Waals surface area (Å²) in [4.78, 5) is 11.7. The average molecular weight is 296 g/mol. The number of urea groups is 1. The summed E-state index contributed by atoms with van der Waals surface area (Å²) in [6.45, 7) is 3.49. The van der Waals surface area contributed by atoms with Crippen LogP contribution in [-0.2, 0) is 4.74 Å². The van der Waals surface area contributed by atoms with Gasteiger partial charge >= 0.3 is 6.03 Å². The van der Waals surface area contributed by atoms with Gasteiger partial charge in [0.15, 0.2) is 0 Å². The van der Waals surface area contributed by atoms with E-state index < -0.39 is 0 Å². The van der Waals surface area contributed by atoms with Gasteiger partial charge in [-0.25, -0.2) is 4.79 Å². The van der Waals surface area contributed by atoms with Crippen LogP contribution in [0.5, 0.6) is 0 Å². The van der Waals surface area contributed by atoms with Gasteiger partial charge in [0, 0.05) is 25.1 Å². The fourth-order valence-electron chi connectivity index (χ4n) is 3.14. The molecule has 0 bridgehead atoms. The first kappa shape index (κ1) is 16.3. The molecule has 21 heavy (non-hydrogen) atoms. The van der Waals surface area contributed by atoms with Crippen molar-refractivity contribution < 1.29 is 14.6 Å². The molecular formula is C16H28N2O3. The van der Waals surface area contributed by atoms with Crippen molar-refractivity contribution in [3.63, 3.8) is 0 Å². The van der Waals surface area contributed by atoms with E-state index in [4.69, 9.17) is 9.84 Å². The second kappa shape index (κ2) is 8.39. The number of amides is 2. The molecular weight excluding hydrogens is 268 g/mol. The molecule has 0 radical (unpaired) electrons. The molecule has 2 unspecified atom stereocenters. The average Bonchev–Trinajstić information content (AvgIpc) is 2.93. The van der Waals surface area contributed by atoms with Crippen LogP contribution in [0.25, 0.3) is 0 Å². The fourth-order valence-corrected chi connectivity index (χ4v) is 3.14. The Morgan fingerprint density at radius 1 is 1.33 bits per heavy atom. The van der Waals surface area contributed by atoms with Crippen LogP contribution >= 0.6 is 0 Å². The Morgan fingerprint density at radius 3 is 2.86 bits per heavy atom. The lowest BCUT2D eigenvalue weighted by molar-refractivity contribution is -0.00244. The van der Waals surface area contributed by atoms with Crippen molar-refractivity contribution in [3.8, 4) is 0 Å². The Labute approximate surface area is 127 Å². The highest BCUT2D eigenvalue weighted by Crippen LogP contribution is 2.25. The van der Waals surface area contributed by atoms with Gasteiger partial charge in [-0.05, 0) is 25.2 Å². The number of hydrogen-bond donors (Lipinski definition) is 3. The molecule has 0 spiro atoms. The third kappa shape index (κ3) is 5.32. The lowest BCUT2D eigenvalue weighted by Crippen LogP contribution is -2.42. The molecule has 3 N–H and O–H groups in total. The smallest absolute Gasteiger partial charge is 0.315 e. The number of carbonyl (C=O) groups is 1. The molecule has 0 aromatic heterocycles. The van der Waals surface area contributed by atoms with Gasteiger partial charge in [0.1, 0.15) is 0 Å². The number of rotatable bonds is 6. The second-order valence-corrected chi connectivity index (χ2v) is 6.24. The van der Waals surface area contributed by atoms with Crippen LogP contribution in [0.2, 0.25) is 0 Å². The highest BCUT2D eigenvalue weighted by atomic mass is 16.5. The van der Waals surface area contributed by atoms with E-state index in [9.17, 15) is 4.79 Å². The van der Waals surface area contributed by atoms with E-state index >= 15 is 0 Å². The van der Waals surface area contributed by atoms with Crippen molar-refractivity contribution in [1.82, 2.24) is 10.6 Å². The molecule has 0 aliphatic heterocycles. The molecule has 2 aliphatic rings. The molecule has 2 aliphatic carbocycles. The van der Waals surface area contributed by atoms with Gasteiger partial charge in [-0.3, -0.25) is 0 Å². The topological polar surface area (TPSA) is 70.6 Å². The summed E-state index contributed by atoms with van der Waals surface area (Å²) < 4.78 is 5.86. The van der Waals surface area contributed by atoms with Crippen LogP contribution < -0.4 is 10.6 Å². The number of ether oxygens (including phenoxy) is 1. The quantitative estimate of drug-likeness (QED) is 0.517. The molecule has 0 aromatic rings. The third-order valence-electron chi connectivity index (χ3n) is 4.48. The fraction of sp³-hybridized carbons (Fsp3) is 0.812. The van der Waals surface area contributed by atoms with Crippen molar-refractivity contribution in [3.05, 3.63) is 12.2 Å². The van der Waals surface area contributed by atoms with Gasteiger partial charge in [-0.1, -0.05) is 31.9 Å². The molecule has 0 aromatic carbocycles.